The van der Waals surface area contributed by atoms with Crippen LogP contribution in [0.4, 0.5) is 11.4 Å². The van der Waals surface area contributed by atoms with Crippen molar-refractivity contribution in [3.63, 3.8) is 0 Å². The Morgan fingerprint density at radius 1 is 1.14 bits per heavy atom. The van der Waals surface area contributed by atoms with E-state index in [0.29, 0.717) is 41.3 Å². The Kier molecular flexibility index (Phi) is 9.50. The van der Waals surface area contributed by atoms with Crippen LogP contribution in [0.2, 0.25) is 18.6 Å². The molecule has 232 valence electrons. The van der Waals surface area contributed by atoms with Crippen molar-refractivity contribution in [1.29, 1.82) is 0 Å². The normalized spacial score (nSPS) is 19.5. The van der Waals surface area contributed by atoms with E-state index in [4.69, 9.17) is 15.2 Å². The minimum absolute atomic E-state index is 0.0695. The number of nitrogen functional groups attached to an aromatic ring is 1. The number of aryl methyl sites for hydroxylation is 1. The van der Waals surface area contributed by atoms with Gasteiger partial charge in [0.15, 0.2) is 8.32 Å². The maximum Gasteiger partial charge on any atom is 0.255 e. The number of methoxy groups -OCH3 is 1. The predicted octanol–water partition coefficient (Wildman–Crippen LogP) is 4.98. The van der Waals surface area contributed by atoms with Gasteiger partial charge in [-0.1, -0.05) is 42.5 Å². The van der Waals surface area contributed by atoms with Crippen molar-refractivity contribution in [2.45, 2.75) is 56.7 Å². The maximum absolute atomic E-state index is 12.8. The first-order valence-electron chi connectivity index (χ1n) is 14.9. The number of rotatable bonds is 11. The molecule has 11 heteroatoms. The summed E-state index contributed by atoms with van der Waals surface area (Å²) in [7, 11) is -1.06. The summed E-state index contributed by atoms with van der Waals surface area (Å²) in [6, 6.07) is 22.1. The summed E-state index contributed by atoms with van der Waals surface area (Å²) in [5.41, 5.74) is 9.88. The number of hydrogen-bond acceptors (Lipinski definition) is 8. The number of carbonyl (C=O) groups excluding carboxylic acids is 1. The van der Waals surface area contributed by atoms with Gasteiger partial charge < -0.3 is 30.4 Å². The standard InChI is InChI=1S/C33H41N5O5Si/c1-21-31(42-2)26-18-25(35-33(40)23-10-12-24(34)13-11-23)14-15-29(26)43-32(21)30(44(3,4)41)16-17-38-19-28(36-37-38)27(20-39)22-8-6-5-7-9-22/h5-15,18-19,21,27,30-32,39,41H,16-17,20,34H2,1-4H3,(H,35,40)/t21-,27?,30?,31-,32-/m0/s1. The summed E-state index contributed by atoms with van der Waals surface area (Å²) in [5, 5.41) is 21.7. The Morgan fingerprint density at radius 3 is 2.52 bits per heavy atom. The molecule has 4 aromatic rings. The molecule has 0 spiro atoms. The maximum atomic E-state index is 12.8. The van der Waals surface area contributed by atoms with Crippen molar-refractivity contribution in [2.24, 2.45) is 5.92 Å². The predicted molar refractivity (Wildman–Crippen MR) is 172 cm³/mol. The summed E-state index contributed by atoms with van der Waals surface area (Å²) < 4.78 is 14.4. The zero-order valence-corrected chi connectivity index (χ0v) is 26.6. The van der Waals surface area contributed by atoms with Crippen LogP contribution in [0.1, 0.15) is 52.5 Å². The minimum atomic E-state index is -2.73. The van der Waals surface area contributed by atoms with Gasteiger partial charge >= 0.3 is 0 Å². The van der Waals surface area contributed by atoms with E-state index in [1.165, 1.54) is 0 Å². The van der Waals surface area contributed by atoms with E-state index in [9.17, 15) is 14.7 Å². The summed E-state index contributed by atoms with van der Waals surface area (Å²) in [6.07, 6.45) is 1.90. The lowest BCUT2D eigenvalue weighted by atomic mass is 9.86. The molecule has 0 bridgehead atoms. The van der Waals surface area contributed by atoms with Crippen molar-refractivity contribution in [2.75, 3.05) is 24.8 Å². The van der Waals surface area contributed by atoms with E-state index in [1.54, 1.807) is 36.1 Å². The van der Waals surface area contributed by atoms with E-state index < -0.39 is 8.32 Å². The van der Waals surface area contributed by atoms with Crippen LogP contribution in [0.3, 0.4) is 0 Å². The van der Waals surface area contributed by atoms with Gasteiger partial charge in [0, 0.05) is 53.8 Å². The SMILES string of the molecule is CO[C@@H]1c2cc(NC(=O)c3ccc(N)cc3)ccc2O[C@H](C(CCn2cc(C(CO)c3ccccc3)nn2)[Si](C)(C)O)[C@H]1C. The van der Waals surface area contributed by atoms with Gasteiger partial charge in [-0.25, -0.2) is 0 Å². The first kappa shape index (κ1) is 31.4. The molecule has 2 unspecified atom stereocenters. The largest absolute Gasteiger partial charge is 0.490 e. The number of nitrogens with zero attached hydrogens (tertiary/aromatic N) is 3. The summed E-state index contributed by atoms with van der Waals surface area (Å²) >= 11 is 0. The lowest BCUT2D eigenvalue weighted by Gasteiger charge is -2.43. The van der Waals surface area contributed by atoms with Gasteiger partial charge in [-0.2, -0.15) is 0 Å². The van der Waals surface area contributed by atoms with Crippen LogP contribution in [0, 0.1) is 5.92 Å². The van der Waals surface area contributed by atoms with Gasteiger partial charge in [0.1, 0.15) is 11.9 Å². The lowest BCUT2D eigenvalue weighted by molar-refractivity contribution is -0.0247. The Bertz CT molecular complexity index is 1560. The van der Waals surface area contributed by atoms with Gasteiger partial charge in [0.2, 0.25) is 0 Å². The second kappa shape index (κ2) is 13.3. The first-order valence-corrected chi connectivity index (χ1v) is 17.9. The number of aromatic nitrogens is 3. The van der Waals surface area contributed by atoms with Crippen LogP contribution in [-0.4, -0.2) is 58.9 Å². The monoisotopic (exact) mass is 615 g/mol. The number of aliphatic hydroxyl groups is 1. The average molecular weight is 616 g/mol. The Labute approximate surface area is 259 Å². The highest BCUT2D eigenvalue weighted by Gasteiger charge is 2.46. The highest BCUT2D eigenvalue weighted by atomic mass is 28.4. The van der Waals surface area contributed by atoms with E-state index >= 15 is 0 Å². The summed E-state index contributed by atoms with van der Waals surface area (Å²) in [4.78, 5) is 24.3. The number of ether oxygens (including phenoxy) is 2. The molecule has 2 heterocycles. The zero-order valence-electron chi connectivity index (χ0n) is 25.6. The topological polar surface area (TPSA) is 145 Å². The van der Waals surface area contributed by atoms with Gasteiger partial charge in [-0.15, -0.1) is 5.10 Å². The number of anilines is 2. The quantitative estimate of drug-likeness (QED) is 0.137. The molecule has 44 heavy (non-hydrogen) atoms. The number of hydrogen-bond donors (Lipinski definition) is 4. The third-order valence-corrected chi connectivity index (χ3v) is 11.0. The van der Waals surface area contributed by atoms with Crippen molar-refractivity contribution < 1.29 is 24.2 Å². The third-order valence-electron chi connectivity index (χ3n) is 8.53. The Hall–Kier alpha value is -4.03. The molecule has 0 saturated heterocycles. The second-order valence-electron chi connectivity index (χ2n) is 12.0. The molecule has 5 rings (SSSR count). The van der Waals surface area contributed by atoms with Crippen molar-refractivity contribution in [1.82, 2.24) is 15.0 Å². The average Bonchev–Trinajstić information content (AvgIpc) is 3.46. The number of carbonyl (C=O) groups is 1. The van der Waals surface area contributed by atoms with Crippen molar-refractivity contribution in [3.8, 4) is 5.75 Å². The second-order valence-corrected chi connectivity index (χ2v) is 16.1. The number of aliphatic hydroxyl groups excluding tert-OH is 1. The molecule has 0 fully saturated rings. The van der Waals surface area contributed by atoms with E-state index in [1.807, 2.05) is 67.8 Å². The molecule has 1 aliphatic heterocycles. The Morgan fingerprint density at radius 2 is 1.86 bits per heavy atom. The molecule has 10 nitrogen and oxygen atoms in total. The summed E-state index contributed by atoms with van der Waals surface area (Å²) in [5.74, 6) is 0.0965. The molecule has 5 atom stereocenters. The molecule has 1 amide bonds. The minimum Gasteiger partial charge on any atom is -0.490 e. The Balaban J connectivity index is 1.32. The van der Waals surface area contributed by atoms with Gasteiger partial charge in [0.25, 0.3) is 5.91 Å². The molecule has 0 saturated carbocycles. The lowest BCUT2D eigenvalue weighted by Crippen LogP contribution is -2.48. The number of benzene rings is 3. The summed E-state index contributed by atoms with van der Waals surface area (Å²) in [6.45, 7) is 6.41. The third kappa shape index (κ3) is 6.86. The molecule has 0 radical (unpaired) electrons. The van der Waals surface area contributed by atoms with Crippen LogP contribution >= 0.6 is 0 Å². The van der Waals surface area contributed by atoms with E-state index in [-0.39, 0.29) is 42.1 Å². The molecule has 3 aromatic carbocycles. The van der Waals surface area contributed by atoms with Crippen LogP contribution in [0.15, 0.2) is 79.0 Å². The fourth-order valence-corrected chi connectivity index (χ4v) is 8.13. The molecular weight excluding hydrogens is 574 g/mol. The van der Waals surface area contributed by atoms with Crippen LogP contribution in [0.25, 0.3) is 0 Å². The van der Waals surface area contributed by atoms with Crippen LogP contribution < -0.4 is 15.8 Å². The van der Waals surface area contributed by atoms with Crippen molar-refractivity contribution >= 4 is 25.6 Å². The molecule has 0 aliphatic carbocycles. The first-order chi connectivity index (χ1) is 21.1. The smallest absolute Gasteiger partial charge is 0.255 e. The van der Waals surface area contributed by atoms with Crippen molar-refractivity contribution in [3.05, 3.63) is 101 Å². The molecule has 1 aliphatic rings. The fraction of sp³-hybridized carbons (Fsp3) is 0.364. The van der Waals surface area contributed by atoms with Crippen LogP contribution in [-0.2, 0) is 11.3 Å². The highest BCUT2D eigenvalue weighted by molar-refractivity contribution is 6.71. The number of nitrogens with two attached hydrogens (primary N) is 1. The van der Waals surface area contributed by atoms with E-state index in [2.05, 4.69) is 22.6 Å². The van der Waals surface area contributed by atoms with E-state index in [0.717, 1.165) is 11.1 Å². The van der Waals surface area contributed by atoms with Gasteiger partial charge in [-0.3, -0.25) is 9.48 Å². The number of fused-ring (bicyclic) bond motifs is 1. The number of amides is 1. The zero-order chi connectivity index (χ0) is 31.4. The van der Waals surface area contributed by atoms with Gasteiger partial charge in [-0.05, 0) is 67.5 Å². The van der Waals surface area contributed by atoms with Crippen LogP contribution in [0.5, 0.6) is 5.75 Å². The highest BCUT2D eigenvalue weighted by Crippen LogP contribution is 2.47. The molecule has 1 aromatic heterocycles. The van der Waals surface area contributed by atoms with Gasteiger partial charge in [0.05, 0.1) is 24.3 Å². The molecule has 5 N–H and O–H groups in total. The number of nitrogens with one attached hydrogen (secondary N) is 1. The fourth-order valence-electron chi connectivity index (χ4n) is 6.12. The molecular formula is C33H41N5O5Si.